The number of para-hydroxylation sites is 8. The lowest BCUT2D eigenvalue weighted by atomic mass is 9.85. The second kappa shape index (κ2) is 57.5. The largest absolute Gasteiger partial charge is 0.471 e. The highest BCUT2D eigenvalue weighted by Gasteiger charge is 2.52. The van der Waals surface area contributed by atoms with Crippen molar-refractivity contribution in [2.24, 2.45) is 0 Å². The van der Waals surface area contributed by atoms with Crippen LogP contribution >= 0.6 is 27.5 Å². The predicted molar refractivity (Wildman–Crippen MR) is 564 cm³/mol. The number of rotatable bonds is 19. The molecule has 0 spiro atoms. The van der Waals surface area contributed by atoms with Crippen LogP contribution in [-0.4, -0.2) is 207 Å². The van der Waals surface area contributed by atoms with Gasteiger partial charge in [0, 0.05) is 97.5 Å². The molecule has 8 aromatic rings. The normalized spacial score (nSPS) is 16.5. The molecule has 15 rings (SSSR count). The summed E-state index contributed by atoms with van der Waals surface area (Å²) >= 11 is 8.58. The van der Waals surface area contributed by atoms with Crippen LogP contribution in [0, 0.1) is 20.2 Å². The van der Waals surface area contributed by atoms with Crippen molar-refractivity contribution >= 4 is 159 Å². The third-order valence-corrected chi connectivity index (χ3v) is 25.9. The number of nitro groups is 2. The Balaban J connectivity index is 0.00000177. The standard InChI is InChI=1S/C27H27N3O2.C19H22F3N3O6.C19H24F3N3O4.C14H16F3N3O3.C12H9Br.C5H7ClO3.10CH4/c1-27(30-22-11-3-2-10-21(22)28-24(31)17-25(30)32)12-14-29(15-13-27)23-16-19-8-4-6-18-7-5-9-20(23)26(18)19;1-3-31-16(27)12-15(26)24(13-6-4-5-7-14(13)25(29)30)18(2)8-10-23(11-9-18)17(28)19(20,21)22;1-3-29-16(27)12-15(26)25(14-7-5-4-6-13(14)23)18(2)8-10-24(11-9-18)17(28)19(20,21)22;1-13(18-10-4-2-3-5-11(10)20(22)23)6-8-19(9-7-13)12(21)14(15,16)17;13-11-7-9-5-1-3-8-4-2-6-10(11)12(8)9;1-2-9-5(8)3-4(6)7;;;;;;;;;;/h2-11,23H,12-17H2,1H3,(H,28,31);4-7H,3,8-12H2,1-2H3;4-7H,3,8-12,23H2,1-2H3;2-5,18H,6-9H2,1H3;1-6,11H,7H2;2-3H2,1H3;10*1H4. The van der Waals surface area contributed by atoms with E-state index in [2.05, 4.69) is 116 Å². The van der Waals surface area contributed by atoms with E-state index in [1.54, 1.807) is 77.9 Å². The molecular weight excluding hydrogens is 2020 g/mol. The van der Waals surface area contributed by atoms with E-state index < -0.39 is 116 Å². The first-order valence-electron chi connectivity index (χ1n) is 44.2. The Labute approximate surface area is 870 Å². The summed E-state index contributed by atoms with van der Waals surface area (Å²) in [5.74, 6) is -9.53. The SMILES string of the molecule is BrC1Cc2cccc3cccc1c23.C.C.C.C.C.C.C.C.C.C.CC1(N2C(=O)CC(=O)Nc3ccccc32)CCN(C2Cc3cccc4cccc2c34)CC1.CC1(Nc2ccccc2[N+](=O)[O-])CCN(C(=O)C(F)(F)F)CC1.CCOC(=O)CC(=O)Cl.CCOC(=O)CC(=O)N(c1ccccc1N)C1(C)CCN(C(=O)C(F)(F)F)CC1.CCOC(=O)CC(=O)N(c1ccccc1[N+](=O)[O-])C1(C)CCN(C(=O)C(F)(F)F)CC1. The quantitative estimate of drug-likeness (QED) is 0.00779. The smallest absolute Gasteiger partial charge is 0.466 e. The van der Waals surface area contributed by atoms with E-state index in [-0.39, 0.29) is 213 Å². The summed E-state index contributed by atoms with van der Waals surface area (Å²) in [7, 11) is 0. The number of carbonyl (C=O) groups excluding carboxylic acids is 11. The molecule has 0 aromatic heterocycles. The molecular formula is C106H145BrClF9N12O18. The van der Waals surface area contributed by atoms with E-state index in [1.165, 1.54) is 85.1 Å². The molecule has 0 bridgehead atoms. The fourth-order valence-electron chi connectivity index (χ4n) is 18.0. The Kier molecular flexibility index (Phi) is 52.4. The number of benzene rings is 8. The van der Waals surface area contributed by atoms with Crippen molar-refractivity contribution in [3.05, 3.63) is 212 Å². The Morgan fingerprint density at radius 2 is 0.850 bits per heavy atom. The Morgan fingerprint density at radius 3 is 1.29 bits per heavy atom. The molecule has 5 heterocycles. The van der Waals surface area contributed by atoms with Crippen LogP contribution in [0.5, 0.6) is 0 Å². The van der Waals surface area contributed by atoms with Crippen LogP contribution in [0.1, 0.15) is 233 Å². The minimum absolute atomic E-state index is 0. The minimum Gasteiger partial charge on any atom is -0.466 e. The molecule has 4 fully saturated rings. The van der Waals surface area contributed by atoms with Gasteiger partial charge in [0.1, 0.15) is 37.1 Å². The van der Waals surface area contributed by atoms with Crippen molar-refractivity contribution in [2.75, 3.05) is 103 Å². The van der Waals surface area contributed by atoms with Crippen LogP contribution in [-0.2, 0) is 79.8 Å². The van der Waals surface area contributed by atoms with Crippen molar-refractivity contribution in [3.63, 3.8) is 0 Å². The first-order chi connectivity index (χ1) is 64.6. The van der Waals surface area contributed by atoms with Crippen LogP contribution in [0.2, 0.25) is 0 Å². The number of piperidine rings is 4. The number of anilines is 6. The second-order valence-electron chi connectivity index (χ2n) is 34.5. The van der Waals surface area contributed by atoms with Crippen molar-refractivity contribution in [3.8, 4) is 0 Å². The third-order valence-electron chi connectivity index (χ3n) is 24.9. The van der Waals surface area contributed by atoms with Gasteiger partial charge < -0.3 is 55.1 Å². The number of amides is 7. The molecule has 4 saturated heterocycles. The van der Waals surface area contributed by atoms with Gasteiger partial charge in [-0.1, -0.05) is 212 Å². The van der Waals surface area contributed by atoms with Gasteiger partial charge in [0.05, 0.1) is 52.4 Å². The summed E-state index contributed by atoms with van der Waals surface area (Å²) in [6.07, 6.45) is -12.0. The summed E-state index contributed by atoms with van der Waals surface area (Å²) in [5, 5.41) is 33.4. The first kappa shape index (κ1) is 134. The van der Waals surface area contributed by atoms with Crippen molar-refractivity contribution in [2.45, 2.75) is 264 Å². The monoisotopic (exact) mass is 2160 g/mol. The van der Waals surface area contributed by atoms with Gasteiger partial charge in [-0.15, -0.1) is 0 Å². The minimum atomic E-state index is -5.02. The number of alkyl halides is 10. The number of fused-ring (bicyclic) bond motifs is 1. The number of nitro benzene ring substituents is 2. The number of hydrogen-bond donors (Lipinski definition) is 3. The van der Waals surface area contributed by atoms with Crippen molar-refractivity contribution < 1.29 is 116 Å². The summed E-state index contributed by atoms with van der Waals surface area (Å²) < 4.78 is 128. The zero-order valence-corrected chi connectivity index (χ0v) is 78.4. The molecule has 814 valence electrons. The van der Waals surface area contributed by atoms with Gasteiger partial charge in [0.25, 0.3) is 11.4 Å². The Hall–Kier alpha value is -12.9. The summed E-state index contributed by atoms with van der Waals surface area (Å²) in [6, 6.07) is 52.5. The number of ether oxygens (including phenoxy) is 3. The van der Waals surface area contributed by atoms with Gasteiger partial charge in [-0.25, -0.2) is 0 Å². The van der Waals surface area contributed by atoms with E-state index >= 15 is 0 Å². The molecule has 2 atom stereocenters. The zero-order valence-electron chi connectivity index (χ0n) is 76.1. The molecule has 2 aliphatic carbocycles. The fourth-order valence-corrected chi connectivity index (χ4v) is 18.9. The maximum atomic E-state index is 13.2. The topological polar surface area (TPSA) is 374 Å². The van der Waals surface area contributed by atoms with E-state index in [0.29, 0.717) is 32.8 Å². The lowest BCUT2D eigenvalue weighted by Crippen LogP contribution is -2.58. The molecule has 0 radical (unpaired) electrons. The molecule has 5 aliphatic heterocycles. The van der Waals surface area contributed by atoms with Crippen LogP contribution in [0.3, 0.4) is 0 Å². The maximum absolute atomic E-state index is 13.2. The van der Waals surface area contributed by atoms with Gasteiger partial charge in [0.15, 0.2) is 0 Å². The van der Waals surface area contributed by atoms with Gasteiger partial charge in [-0.2, -0.15) is 39.5 Å². The van der Waals surface area contributed by atoms with Crippen LogP contribution in [0.25, 0.3) is 21.5 Å². The average Bonchev–Trinajstić information content (AvgIpc) is 1.71. The second-order valence-corrected chi connectivity index (χ2v) is 36.0. The highest BCUT2D eigenvalue weighted by Crippen LogP contribution is 2.48. The van der Waals surface area contributed by atoms with Gasteiger partial charge >= 0.3 is 54.2 Å². The molecule has 8 aromatic carbocycles. The lowest BCUT2D eigenvalue weighted by Gasteiger charge is -2.48. The van der Waals surface area contributed by atoms with Gasteiger partial charge in [0.2, 0.25) is 28.9 Å². The molecule has 30 nitrogen and oxygen atoms in total. The van der Waals surface area contributed by atoms with E-state index in [0.717, 1.165) is 64.8 Å². The molecule has 7 amide bonds. The molecule has 147 heavy (non-hydrogen) atoms. The van der Waals surface area contributed by atoms with Gasteiger partial charge in [-0.05, 0) is 204 Å². The highest BCUT2D eigenvalue weighted by molar-refractivity contribution is 9.09. The highest BCUT2D eigenvalue weighted by atomic mass is 79.9. The number of nitrogen functional groups attached to an aromatic ring is 1. The summed E-state index contributed by atoms with van der Waals surface area (Å²) in [6.45, 7) is 13.3. The fraction of sp³-hybridized carbons (Fsp3) is 0.481. The third kappa shape index (κ3) is 33.6. The van der Waals surface area contributed by atoms with E-state index in [4.69, 9.17) is 26.8 Å². The van der Waals surface area contributed by atoms with Crippen LogP contribution in [0.4, 0.5) is 85.0 Å². The van der Waals surface area contributed by atoms with E-state index in [9.17, 15) is 112 Å². The van der Waals surface area contributed by atoms with Crippen molar-refractivity contribution in [1.29, 1.82) is 0 Å². The number of carbonyl (C=O) groups is 11. The van der Waals surface area contributed by atoms with Crippen LogP contribution < -0.4 is 31.1 Å². The van der Waals surface area contributed by atoms with Crippen molar-refractivity contribution in [1.82, 2.24) is 19.6 Å². The number of likely N-dealkylation sites (tertiary alicyclic amines) is 4. The summed E-state index contributed by atoms with van der Waals surface area (Å²) in [4.78, 5) is 161. The van der Waals surface area contributed by atoms with E-state index in [1.807, 2.05) is 29.2 Å². The number of hydrogen-bond acceptors (Lipinski definition) is 21. The number of nitrogens with two attached hydrogens (primary N) is 1. The number of esters is 3. The Morgan fingerprint density at radius 1 is 0.476 bits per heavy atom. The number of halogens is 11. The molecule has 41 heteroatoms. The zero-order chi connectivity index (χ0) is 100. The van der Waals surface area contributed by atoms with Crippen LogP contribution in [0.15, 0.2) is 170 Å². The van der Waals surface area contributed by atoms with Gasteiger partial charge in [-0.3, -0.25) is 82.8 Å². The average molecular weight is 2160 g/mol. The number of nitrogens with one attached hydrogen (secondary N) is 2. The number of nitrogens with zero attached hydrogens (tertiary/aromatic N) is 9. The molecule has 7 aliphatic rings. The predicted octanol–water partition coefficient (Wildman–Crippen LogP) is 23.8. The summed E-state index contributed by atoms with van der Waals surface area (Å²) in [5.41, 5.74) is 10.8. The lowest BCUT2D eigenvalue weighted by molar-refractivity contribution is -0.384. The molecule has 0 saturated carbocycles. The molecule has 4 N–H and O–H groups in total. The Bertz CT molecular complexity index is 5800. The molecule has 2 unspecified atom stereocenters. The first-order valence-corrected chi connectivity index (χ1v) is 45.5. The maximum Gasteiger partial charge on any atom is 0.471 e.